The molecule has 0 aromatic heterocycles. The van der Waals surface area contributed by atoms with Crippen molar-refractivity contribution in [3.05, 3.63) is 48.0 Å². The molecule has 0 amide bonds. The highest BCUT2D eigenvalue weighted by Gasteiger charge is 2.12. The maximum absolute atomic E-state index is 10.4. The van der Waals surface area contributed by atoms with Gasteiger partial charge in [0.25, 0.3) is 0 Å². The Hall–Kier alpha value is -1.99. The van der Waals surface area contributed by atoms with Crippen LogP contribution in [0.3, 0.4) is 0 Å². The first kappa shape index (κ1) is 9.10. The van der Waals surface area contributed by atoms with Crippen molar-refractivity contribution >= 4 is 17.6 Å². The lowest BCUT2D eigenvalue weighted by atomic mass is 10.0. The number of aldehydes is 1. The molecule has 0 fully saturated rings. The van der Waals surface area contributed by atoms with E-state index in [1.54, 1.807) is 12.1 Å². The molecule has 0 radical (unpaired) electrons. The van der Waals surface area contributed by atoms with Crippen LogP contribution in [0.15, 0.2) is 36.9 Å². The van der Waals surface area contributed by atoms with E-state index in [1.165, 1.54) is 0 Å². The predicted octanol–water partition coefficient (Wildman–Crippen LogP) is 1.57. The monoisotopic (exact) mass is 172 g/mol. The van der Waals surface area contributed by atoms with Crippen LogP contribution in [-0.2, 0) is 4.79 Å². The van der Waals surface area contributed by atoms with E-state index in [4.69, 9.17) is 5.53 Å². The largest absolute Gasteiger partial charge is 0.361 e. The Morgan fingerprint density at radius 2 is 2.00 bits per heavy atom. The fourth-order valence-corrected chi connectivity index (χ4v) is 0.942. The second-order valence-electron chi connectivity index (χ2n) is 2.45. The number of benzene rings is 1. The van der Waals surface area contributed by atoms with Crippen LogP contribution >= 0.6 is 0 Å². The Bertz CT molecular complexity index is 375. The van der Waals surface area contributed by atoms with E-state index in [1.807, 2.05) is 18.2 Å². The van der Waals surface area contributed by atoms with Crippen LogP contribution in [0, 0.1) is 0 Å². The standard InChI is InChI=1S/C10H8N2O/c1-8(10(7-13)12-11)9-5-3-2-4-6-9/h2-7H,1H2. The Morgan fingerprint density at radius 1 is 1.38 bits per heavy atom. The summed E-state index contributed by atoms with van der Waals surface area (Å²) in [6.45, 7) is 3.64. The lowest BCUT2D eigenvalue weighted by Crippen LogP contribution is -2.03. The minimum Gasteiger partial charge on any atom is -0.361 e. The van der Waals surface area contributed by atoms with E-state index in [0.29, 0.717) is 11.9 Å². The van der Waals surface area contributed by atoms with E-state index >= 15 is 0 Å². The zero-order valence-electron chi connectivity index (χ0n) is 6.97. The average molecular weight is 172 g/mol. The topological polar surface area (TPSA) is 53.5 Å². The van der Waals surface area contributed by atoms with Crippen molar-refractivity contribution in [1.82, 2.24) is 0 Å². The van der Waals surface area contributed by atoms with Gasteiger partial charge in [-0.1, -0.05) is 36.9 Å². The van der Waals surface area contributed by atoms with Crippen molar-refractivity contribution in [1.29, 1.82) is 0 Å². The minimum atomic E-state index is -0.0498. The summed E-state index contributed by atoms with van der Waals surface area (Å²) in [5.41, 5.74) is 9.58. The van der Waals surface area contributed by atoms with Crippen LogP contribution < -0.4 is 0 Å². The molecule has 0 saturated carbocycles. The van der Waals surface area contributed by atoms with Gasteiger partial charge in [-0.25, -0.2) is 0 Å². The molecule has 3 nitrogen and oxygen atoms in total. The number of carbonyl (C=O) groups is 1. The van der Waals surface area contributed by atoms with Crippen LogP contribution in [0.4, 0.5) is 0 Å². The van der Waals surface area contributed by atoms with E-state index in [2.05, 4.69) is 11.4 Å². The fraction of sp³-hybridized carbons (Fsp3) is 0. The summed E-state index contributed by atoms with van der Waals surface area (Å²) in [4.78, 5) is 13.2. The van der Waals surface area contributed by atoms with Gasteiger partial charge in [0, 0.05) is 0 Å². The van der Waals surface area contributed by atoms with E-state index in [0.717, 1.165) is 5.56 Å². The van der Waals surface area contributed by atoms with Gasteiger partial charge in [-0.2, -0.15) is 4.79 Å². The van der Waals surface area contributed by atoms with Gasteiger partial charge >= 0.3 is 5.71 Å². The van der Waals surface area contributed by atoms with Gasteiger partial charge in [0.2, 0.25) is 6.29 Å². The summed E-state index contributed by atoms with van der Waals surface area (Å²) >= 11 is 0. The minimum absolute atomic E-state index is 0.0498. The molecule has 1 aromatic carbocycles. The Balaban J connectivity index is 3.05. The molecule has 13 heavy (non-hydrogen) atoms. The molecule has 64 valence electrons. The summed E-state index contributed by atoms with van der Waals surface area (Å²) < 4.78 is 0. The maximum atomic E-state index is 10.4. The molecule has 0 aliphatic rings. The third kappa shape index (κ3) is 1.98. The van der Waals surface area contributed by atoms with Crippen molar-refractivity contribution in [3.8, 4) is 0 Å². The Morgan fingerprint density at radius 3 is 2.46 bits per heavy atom. The smallest absolute Gasteiger partial charge is 0.361 e. The van der Waals surface area contributed by atoms with Crippen molar-refractivity contribution in [3.63, 3.8) is 0 Å². The van der Waals surface area contributed by atoms with Gasteiger partial charge in [0.15, 0.2) is 0 Å². The highest BCUT2D eigenvalue weighted by Crippen LogP contribution is 2.11. The van der Waals surface area contributed by atoms with Crippen LogP contribution in [0.1, 0.15) is 5.56 Å². The Kier molecular flexibility index (Phi) is 2.90. The molecular formula is C10H8N2O. The SMILES string of the molecule is C=C(C(C=O)=[N+]=[N-])c1ccccc1. The summed E-state index contributed by atoms with van der Waals surface area (Å²) in [5, 5.41) is 0. The lowest BCUT2D eigenvalue weighted by Gasteiger charge is -1.95. The number of hydrogen-bond donors (Lipinski definition) is 0. The van der Waals surface area contributed by atoms with Crippen LogP contribution in [0.2, 0.25) is 0 Å². The molecule has 0 aliphatic heterocycles. The first-order valence-electron chi connectivity index (χ1n) is 3.71. The zero-order chi connectivity index (χ0) is 9.68. The van der Waals surface area contributed by atoms with Gasteiger partial charge in [-0.05, 0) is 5.56 Å². The number of nitrogens with zero attached hydrogens (tertiary/aromatic N) is 2. The second kappa shape index (κ2) is 4.14. The summed E-state index contributed by atoms with van der Waals surface area (Å²) in [7, 11) is 0. The van der Waals surface area contributed by atoms with Crippen molar-refractivity contribution in [2.75, 3.05) is 0 Å². The Labute approximate surface area is 75.9 Å². The molecule has 0 saturated heterocycles. The van der Waals surface area contributed by atoms with Crippen LogP contribution in [0.5, 0.6) is 0 Å². The molecule has 0 heterocycles. The molecule has 0 N–H and O–H groups in total. The molecule has 0 unspecified atom stereocenters. The molecular weight excluding hydrogens is 164 g/mol. The summed E-state index contributed by atoms with van der Waals surface area (Å²) in [6.07, 6.45) is 0.468. The number of allylic oxidation sites excluding steroid dienone is 1. The average Bonchev–Trinajstić information content (AvgIpc) is 2.21. The molecule has 0 aliphatic carbocycles. The lowest BCUT2D eigenvalue weighted by molar-refractivity contribution is -0.106. The number of hydrogen-bond acceptors (Lipinski definition) is 1. The van der Waals surface area contributed by atoms with Gasteiger partial charge in [0.05, 0.1) is 5.57 Å². The van der Waals surface area contributed by atoms with Gasteiger partial charge in [-0.15, -0.1) is 0 Å². The van der Waals surface area contributed by atoms with E-state index < -0.39 is 0 Å². The van der Waals surface area contributed by atoms with E-state index in [9.17, 15) is 4.79 Å². The van der Waals surface area contributed by atoms with Gasteiger partial charge in [0.1, 0.15) is 0 Å². The second-order valence-corrected chi connectivity index (χ2v) is 2.45. The summed E-state index contributed by atoms with van der Waals surface area (Å²) in [5.74, 6) is 0. The van der Waals surface area contributed by atoms with Crippen LogP contribution in [0.25, 0.3) is 11.1 Å². The van der Waals surface area contributed by atoms with Crippen molar-refractivity contribution < 1.29 is 9.58 Å². The molecule has 0 bridgehead atoms. The first-order valence-corrected chi connectivity index (χ1v) is 3.71. The molecule has 0 spiro atoms. The van der Waals surface area contributed by atoms with E-state index in [-0.39, 0.29) is 5.71 Å². The van der Waals surface area contributed by atoms with Crippen molar-refractivity contribution in [2.24, 2.45) is 0 Å². The molecule has 1 rings (SSSR count). The third-order valence-electron chi connectivity index (χ3n) is 1.65. The molecule has 3 heteroatoms. The number of carbonyl (C=O) groups excluding carboxylic acids is 1. The molecule has 1 aromatic rings. The normalized spacial score (nSPS) is 8.62. The fourth-order valence-electron chi connectivity index (χ4n) is 0.942. The highest BCUT2D eigenvalue weighted by molar-refractivity contribution is 6.46. The first-order chi connectivity index (χ1) is 6.29. The van der Waals surface area contributed by atoms with Gasteiger partial charge < -0.3 is 5.53 Å². The highest BCUT2D eigenvalue weighted by atomic mass is 16.1. The van der Waals surface area contributed by atoms with Crippen molar-refractivity contribution in [2.45, 2.75) is 0 Å². The predicted molar refractivity (Wildman–Crippen MR) is 50.2 cm³/mol. The maximum Gasteiger partial charge on any atom is 0.361 e. The quantitative estimate of drug-likeness (QED) is 0.295. The summed E-state index contributed by atoms with van der Waals surface area (Å²) in [6, 6.07) is 9.07. The third-order valence-corrected chi connectivity index (χ3v) is 1.65. The molecule has 0 atom stereocenters. The van der Waals surface area contributed by atoms with Gasteiger partial charge in [-0.3, -0.25) is 4.79 Å². The van der Waals surface area contributed by atoms with Crippen LogP contribution in [-0.4, -0.2) is 16.8 Å². The zero-order valence-corrected chi connectivity index (χ0v) is 6.97. The number of rotatable bonds is 3.